The van der Waals surface area contributed by atoms with E-state index in [0.717, 1.165) is 19.4 Å². The standard InChI is InChI=1S/C19H22N2O5/c1-13(20-19(23)14-7-9-24-11-14)18(22)21-15-4-2-5-16(10-15)26-12-17-6-3-8-25-17/h2,4-5,7,9-11,13,17H,3,6,8,12H2,1H3,(H,20,23)(H,21,22)/t13-,17-/m1/s1. The average Bonchev–Trinajstić information content (AvgIpc) is 3.34. The third-order valence-corrected chi connectivity index (χ3v) is 4.09. The predicted octanol–water partition coefficient (Wildman–Crippen LogP) is 2.59. The summed E-state index contributed by atoms with van der Waals surface area (Å²) >= 11 is 0. The molecule has 2 aromatic rings. The molecule has 1 fully saturated rings. The summed E-state index contributed by atoms with van der Waals surface area (Å²) in [7, 11) is 0. The molecule has 1 aromatic heterocycles. The van der Waals surface area contributed by atoms with Gasteiger partial charge >= 0.3 is 0 Å². The van der Waals surface area contributed by atoms with Crippen LogP contribution in [-0.4, -0.2) is 37.2 Å². The van der Waals surface area contributed by atoms with E-state index in [1.165, 1.54) is 18.6 Å². The molecule has 2 amide bonds. The Morgan fingerprint density at radius 3 is 2.96 bits per heavy atom. The Morgan fingerprint density at radius 1 is 1.35 bits per heavy atom. The maximum atomic E-state index is 12.3. The SMILES string of the molecule is C[C@@H](NC(=O)c1ccoc1)C(=O)Nc1cccc(OC[C@H]2CCCO2)c1. The van der Waals surface area contributed by atoms with Gasteiger partial charge in [-0.15, -0.1) is 0 Å². The number of anilines is 1. The second-order valence-electron chi connectivity index (χ2n) is 6.17. The zero-order valence-corrected chi connectivity index (χ0v) is 14.6. The molecule has 0 aliphatic carbocycles. The Kier molecular flexibility index (Phi) is 5.91. The zero-order valence-electron chi connectivity index (χ0n) is 14.6. The lowest BCUT2D eigenvalue weighted by Gasteiger charge is -2.15. The summed E-state index contributed by atoms with van der Waals surface area (Å²) in [4.78, 5) is 24.2. The fourth-order valence-electron chi connectivity index (χ4n) is 2.62. The van der Waals surface area contributed by atoms with Gasteiger partial charge in [0.2, 0.25) is 5.91 Å². The van der Waals surface area contributed by atoms with Crippen molar-refractivity contribution in [3.05, 3.63) is 48.4 Å². The van der Waals surface area contributed by atoms with Gasteiger partial charge in [-0.3, -0.25) is 9.59 Å². The molecule has 0 spiro atoms. The van der Waals surface area contributed by atoms with Crippen molar-refractivity contribution in [2.75, 3.05) is 18.5 Å². The molecule has 2 atom stereocenters. The first kappa shape index (κ1) is 18.0. The Morgan fingerprint density at radius 2 is 2.23 bits per heavy atom. The van der Waals surface area contributed by atoms with Gasteiger partial charge in [0.15, 0.2) is 0 Å². The second kappa shape index (κ2) is 8.53. The number of carbonyl (C=O) groups is 2. The minimum Gasteiger partial charge on any atom is -0.491 e. The van der Waals surface area contributed by atoms with Crippen LogP contribution in [0, 0.1) is 0 Å². The molecular weight excluding hydrogens is 336 g/mol. The Bertz CT molecular complexity index is 738. The van der Waals surface area contributed by atoms with E-state index in [0.29, 0.717) is 23.6 Å². The largest absolute Gasteiger partial charge is 0.491 e. The summed E-state index contributed by atoms with van der Waals surface area (Å²) in [6.45, 7) is 2.90. The van der Waals surface area contributed by atoms with Crippen LogP contribution >= 0.6 is 0 Å². The van der Waals surface area contributed by atoms with Crippen LogP contribution in [-0.2, 0) is 9.53 Å². The molecule has 0 radical (unpaired) electrons. The highest BCUT2D eigenvalue weighted by Crippen LogP contribution is 2.20. The molecule has 3 rings (SSSR count). The molecule has 7 nitrogen and oxygen atoms in total. The minimum atomic E-state index is -0.700. The van der Waals surface area contributed by atoms with Crippen molar-refractivity contribution in [2.24, 2.45) is 0 Å². The van der Waals surface area contributed by atoms with E-state index in [2.05, 4.69) is 10.6 Å². The number of benzene rings is 1. The summed E-state index contributed by atoms with van der Waals surface area (Å²) in [6, 6.07) is 7.98. The van der Waals surface area contributed by atoms with Crippen LogP contribution < -0.4 is 15.4 Å². The molecule has 2 N–H and O–H groups in total. The van der Waals surface area contributed by atoms with Gasteiger partial charge in [0.1, 0.15) is 24.7 Å². The van der Waals surface area contributed by atoms with Crippen molar-refractivity contribution in [1.82, 2.24) is 5.32 Å². The smallest absolute Gasteiger partial charge is 0.255 e. The van der Waals surface area contributed by atoms with Gasteiger partial charge in [-0.05, 0) is 38.0 Å². The zero-order chi connectivity index (χ0) is 18.4. The van der Waals surface area contributed by atoms with Gasteiger partial charge in [-0.25, -0.2) is 0 Å². The number of furan rings is 1. The lowest BCUT2D eigenvalue weighted by Crippen LogP contribution is -2.41. The number of ether oxygens (including phenoxy) is 2. The highest BCUT2D eigenvalue weighted by atomic mass is 16.5. The van der Waals surface area contributed by atoms with E-state index < -0.39 is 6.04 Å². The number of amides is 2. The lowest BCUT2D eigenvalue weighted by atomic mass is 10.2. The van der Waals surface area contributed by atoms with Gasteiger partial charge in [0.05, 0.1) is 17.9 Å². The molecule has 138 valence electrons. The number of nitrogens with one attached hydrogen (secondary N) is 2. The van der Waals surface area contributed by atoms with Crippen LogP contribution in [0.1, 0.15) is 30.1 Å². The lowest BCUT2D eigenvalue weighted by molar-refractivity contribution is -0.117. The molecule has 0 unspecified atom stereocenters. The van der Waals surface area contributed by atoms with E-state index in [-0.39, 0.29) is 17.9 Å². The van der Waals surface area contributed by atoms with Crippen LogP contribution in [0.3, 0.4) is 0 Å². The van der Waals surface area contributed by atoms with Crippen LogP contribution in [0.5, 0.6) is 5.75 Å². The molecule has 0 bridgehead atoms. The van der Waals surface area contributed by atoms with Crippen LogP contribution in [0.25, 0.3) is 0 Å². The molecule has 0 saturated carbocycles. The highest BCUT2D eigenvalue weighted by Gasteiger charge is 2.18. The third kappa shape index (κ3) is 4.86. The first-order chi connectivity index (χ1) is 12.6. The summed E-state index contributed by atoms with van der Waals surface area (Å²) in [6.07, 6.45) is 4.93. The first-order valence-electron chi connectivity index (χ1n) is 8.60. The van der Waals surface area contributed by atoms with Crippen molar-refractivity contribution in [1.29, 1.82) is 0 Å². The van der Waals surface area contributed by atoms with E-state index in [9.17, 15) is 9.59 Å². The van der Waals surface area contributed by atoms with E-state index in [1.807, 2.05) is 6.07 Å². The molecule has 26 heavy (non-hydrogen) atoms. The van der Waals surface area contributed by atoms with Crippen molar-refractivity contribution >= 4 is 17.5 Å². The first-order valence-corrected chi connectivity index (χ1v) is 8.60. The molecule has 7 heteroatoms. The number of carbonyl (C=O) groups excluding carboxylic acids is 2. The fraction of sp³-hybridized carbons (Fsp3) is 0.368. The summed E-state index contributed by atoms with van der Waals surface area (Å²) < 4.78 is 16.1. The van der Waals surface area contributed by atoms with Gasteiger partial charge in [0.25, 0.3) is 5.91 Å². The van der Waals surface area contributed by atoms with E-state index in [4.69, 9.17) is 13.9 Å². The van der Waals surface area contributed by atoms with Gasteiger partial charge < -0.3 is 24.5 Å². The summed E-state index contributed by atoms with van der Waals surface area (Å²) in [5.41, 5.74) is 0.971. The fourth-order valence-corrected chi connectivity index (χ4v) is 2.62. The molecule has 1 saturated heterocycles. The van der Waals surface area contributed by atoms with E-state index in [1.54, 1.807) is 25.1 Å². The van der Waals surface area contributed by atoms with Crippen LogP contribution in [0.4, 0.5) is 5.69 Å². The maximum Gasteiger partial charge on any atom is 0.255 e. The molecular formula is C19H22N2O5. The Hall–Kier alpha value is -2.80. The third-order valence-electron chi connectivity index (χ3n) is 4.09. The van der Waals surface area contributed by atoms with Crippen molar-refractivity contribution in [3.8, 4) is 5.75 Å². The average molecular weight is 358 g/mol. The molecule has 1 aromatic carbocycles. The quantitative estimate of drug-likeness (QED) is 0.794. The summed E-state index contributed by atoms with van der Waals surface area (Å²) in [5.74, 6) is -0.0263. The molecule has 1 aliphatic heterocycles. The van der Waals surface area contributed by atoms with Gasteiger partial charge in [-0.2, -0.15) is 0 Å². The van der Waals surface area contributed by atoms with Crippen LogP contribution in [0.15, 0.2) is 47.3 Å². The van der Waals surface area contributed by atoms with Crippen molar-refractivity contribution < 1.29 is 23.5 Å². The maximum absolute atomic E-state index is 12.3. The van der Waals surface area contributed by atoms with Crippen molar-refractivity contribution in [3.63, 3.8) is 0 Å². The van der Waals surface area contributed by atoms with E-state index >= 15 is 0 Å². The topological polar surface area (TPSA) is 89.8 Å². The minimum absolute atomic E-state index is 0.131. The normalized spacial score (nSPS) is 17.5. The van der Waals surface area contributed by atoms with Gasteiger partial charge in [0, 0.05) is 18.4 Å². The van der Waals surface area contributed by atoms with Crippen molar-refractivity contribution in [2.45, 2.75) is 31.9 Å². The molecule has 1 aliphatic rings. The Balaban J connectivity index is 1.51. The predicted molar refractivity (Wildman–Crippen MR) is 95.2 cm³/mol. The van der Waals surface area contributed by atoms with Gasteiger partial charge in [-0.1, -0.05) is 6.07 Å². The number of hydrogen-bond donors (Lipinski definition) is 2. The summed E-state index contributed by atoms with van der Waals surface area (Å²) in [5, 5.41) is 5.39. The Labute approximate surface area is 151 Å². The monoisotopic (exact) mass is 358 g/mol. The number of rotatable bonds is 7. The highest BCUT2D eigenvalue weighted by molar-refractivity contribution is 6.00. The second-order valence-corrected chi connectivity index (χ2v) is 6.17. The molecule has 2 heterocycles. The number of hydrogen-bond acceptors (Lipinski definition) is 5. The van der Waals surface area contributed by atoms with Crippen LogP contribution in [0.2, 0.25) is 0 Å².